The molecule has 1 N–H and O–H groups in total. The third kappa shape index (κ3) is 2.82. The van der Waals surface area contributed by atoms with Crippen molar-refractivity contribution in [3.8, 4) is 5.75 Å². The van der Waals surface area contributed by atoms with Crippen molar-refractivity contribution >= 4 is 11.6 Å². The summed E-state index contributed by atoms with van der Waals surface area (Å²) in [6, 6.07) is 4.69. The molecule has 0 saturated heterocycles. The van der Waals surface area contributed by atoms with E-state index in [0.29, 0.717) is 11.5 Å². The molecule has 3 heteroatoms. The topological polar surface area (TPSA) is 21.3 Å². The van der Waals surface area contributed by atoms with Crippen LogP contribution in [0.3, 0.4) is 0 Å². The Kier molecular flexibility index (Phi) is 3.96. The minimum absolute atomic E-state index is 0.461. The van der Waals surface area contributed by atoms with E-state index in [1.807, 2.05) is 0 Å². The Labute approximate surface area is 126 Å². The molecule has 0 aromatic heterocycles. The van der Waals surface area contributed by atoms with Crippen LogP contribution in [0.4, 0.5) is 0 Å². The molecule has 1 saturated carbocycles. The Morgan fingerprint density at radius 3 is 2.90 bits per heavy atom. The van der Waals surface area contributed by atoms with Crippen molar-refractivity contribution in [2.75, 3.05) is 13.2 Å². The quantitative estimate of drug-likeness (QED) is 0.856. The van der Waals surface area contributed by atoms with Crippen LogP contribution in [0.5, 0.6) is 5.75 Å². The van der Waals surface area contributed by atoms with Crippen LogP contribution in [0.2, 0.25) is 5.02 Å². The van der Waals surface area contributed by atoms with Crippen molar-refractivity contribution in [2.24, 2.45) is 5.41 Å². The maximum Gasteiger partial charge on any atom is 0.125 e. The maximum atomic E-state index is 6.27. The molecule has 0 bridgehead atoms. The van der Waals surface area contributed by atoms with E-state index < -0.39 is 0 Å². The largest absolute Gasteiger partial charge is 0.493 e. The maximum absolute atomic E-state index is 6.27. The average molecular weight is 294 g/mol. The zero-order valence-corrected chi connectivity index (χ0v) is 13.2. The number of hydrogen-bond donors (Lipinski definition) is 1. The molecule has 20 heavy (non-hydrogen) atoms. The van der Waals surface area contributed by atoms with Gasteiger partial charge < -0.3 is 10.1 Å². The molecule has 1 aliphatic heterocycles. The van der Waals surface area contributed by atoms with E-state index in [-0.39, 0.29) is 0 Å². The highest BCUT2D eigenvalue weighted by molar-refractivity contribution is 6.30. The Balaban J connectivity index is 1.81. The highest BCUT2D eigenvalue weighted by Crippen LogP contribution is 2.49. The summed E-state index contributed by atoms with van der Waals surface area (Å²) in [7, 11) is 0. The minimum Gasteiger partial charge on any atom is -0.493 e. The molecule has 1 heterocycles. The zero-order valence-electron chi connectivity index (χ0n) is 12.5. The van der Waals surface area contributed by atoms with E-state index in [0.717, 1.165) is 36.8 Å². The fraction of sp³-hybridized carbons (Fsp3) is 0.647. The van der Waals surface area contributed by atoms with Gasteiger partial charge in [-0.25, -0.2) is 0 Å². The van der Waals surface area contributed by atoms with E-state index in [2.05, 4.69) is 31.3 Å². The molecule has 110 valence electrons. The van der Waals surface area contributed by atoms with Gasteiger partial charge in [-0.2, -0.15) is 0 Å². The summed E-state index contributed by atoms with van der Waals surface area (Å²) in [4.78, 5) is 0. The lowest BCUT2D eigenvalue weighted by atomic mass is 9.91. The van der Waals surface area contributed by atoms with Crippen LogP contribution in [0.15, 0.2) is 12.1 Å². The van der Waals surface area contributed by atoms with Crippen LogP contribution in [-0.2, 0) is 12.8 Å². The lowest BCUT2D eigenvalue weighted by Crippen LogP contribution is -2.38. The van der Waals surface area contributed by atoms with Crippen molar-refractivity contribution < 1.29 is 4.74 Å². The molecule has 1 aliphatic carbocycles. The summed E-state index contributed by atoms with van der Waals surface area (Å²) in [6.45, 7) is 6.50. The summed E-state index contributed by atoms with van der Waals surface area (Å²) in [6.07, 6.45) is 5.86. The van der Waals surface area contributed by atoms with Crippen molar-refractivity contribution in [3.63, 3.8) is 0 Å². The monoisotopic (exact) mass is 293 g/mol. The molecule has 1 aromatic carbocycles. The number of nitrogens with one attached hydrogen (secondary N) is 1. The van der Waals surface area contributed by atoms with Gasteiger partial charge in [-0.05, 0) is 60.9 Å². The number of halogens is 1. The van der Waals surface area contributed by atoms with Gasteiger partial charge in [-0.15, -0.1) is 0 Å². The SMILES string of the molecule is CCCNC(Cc1cc(Cl)cc2c1OCC2)C1(C)CC1. The molecule has 1 aromatic rings. The van der Waals surface area contributed by atoms with Gasteiger partial charge in [0.25, 0.3) is 0 Å². The van der Waals surface area contributed by atoms with Crippen molar-refractivity contribution in [3.05, 3.63) is 28.3 Å². The third-order valence-electron chi connectivity index (χ3n) is 4.77. The molecule has 1 unspecified atom stereocenters. The Bertz CT molecular complexity index is 496. The third-order valence-corrected chi connectivity index (χ3v) is 4.99. The number of fused-ring (bicyclic) bond motifs is 1. The van der Waals surface area contributed by atoms with Crippen LogP contribution in [0, 0.1) is 5.41 Å². The van der Waals surface area contributed by atoms with Gasteiger partial charge in [-0.3, -0.25) is 0 Å². The van der Waals surface area contributed by atoms with E-state index in [1.54, 1.807) is 0 Å². The summed E-state index contributed by atoms with van der Waals surface area (Å²) in [5.74, 6) is 1.10. The molecular formula is C17H24ClNO. The van der Waals surface area contributed by atoms with Gasteiger partial charge in [-0.1, -0.05) is 25.4 Å². The molecule has 0 amide bonds. The van der Waals surface area contributed by atoms with Gasteiger partial charge in [0.1, 0.15) is 5.75 Å². The second-order valence-electron chi connectivity index (χ2n) is 6.52. The predicted molar refractivity (Wildman–Crippen MR) is 83.8 cm³/mol. The summed E-state index contributed by atoms with van der Waals surface area (Å²) < 4.78 is 5.84. The zero-order chi connectivity index (χ0) is 14.2. The van der Waals surface area contributed by atoms with Gasteiger partial charge in [0.15, 0.2) is 0 Å². The van der Waals surface area contributed by atoms with E-state index in [9.17, 15) is 0 Å². The van der Waals surface area contributed by atoms with E-state index in [4.69, 9.17) is 16.3 Å². The van der Waals surface area contributed by atoms with Crippen LogP contribution in [0.1, 0.15) is 44.2 Å². The molecular weight excluding hydrogens is 270 g/mol. The summed E-state index contributed by atoms with van der Waals surface area (Å²) in [5.41, 5.74) is 3.03. The van der Waals surface area contributed by atoms with Crippen LogP contribution < -0.4 is 10.1 Å². The van der Waals surface area contributed by atoms with E-state index in [1.165, 1.54) is 30.4 Å². The number of rotatable bonds is 6. The minimum atomic E-state index is 0.461. The Hall–Kier alpha value is -0.730. The van der Waals surface area contributed by atoms with Crippen LogP contribution in [0.25, 0.3) is 0 Å². The lowest BCUT2D eigenvalue weighted by Gasteiger charge is -2.26. The van der Waals surface area contributed by atoms with E-state index >= 15 is 0 Å². The molecule has 3 rings (SSSR count). The summed E-state index contributed by atoms with van der Waals surface area (Å²) >= 11 is 6.27. The second kappa shape index (κ2) is 5.57. The van der Waals surface area contributed by atoms with Crippen LogP contribution in [-0.4, -0.2) is 19.2 Å². The number of ether oxygens (including phenoxy) is 1. The van der Waals surface area contributed by atoms with Gasteiger partial charge >= 0.3 is 0 Å². The second-order valence-corrected chi connectivity index (χ2v) is 6.95. The highest BCUT2D eigenvalue weighted by Gasteiger charge is 2.44. The van der Waals surface area contributed by atoms with Crippen LogP contribution >= 0.6 is 11.6 Å². The van der Waals surface area contributed by atoms with Gasteiger partial charge in [0.05, 0.1) is 6.61 Å². The molecule has 1 fully saturated rings. The van der Waals surface area contributed by atoms with Crippen molar-refractivity contribution in [2.45, 2.75) is 52.0 Å². The molecule has 2 aliphatic rings. The molecule has 0 spiro atoms. The van der Waals surface area contributed by atoms with Gasteiger partial charge in [0.2, 0.25) is 0 Å². The first kappa shape index (κ1) is 14.2. The number of hydrogen-bond acceptors (Lipinski definition) is 2. The van der Waals surface area contributed by atoms with Crippen molar-refractivity contribution in [1.29, 1.82) is 0 Å². The highest BCUT2D eigenvalue weighted by atomic mass is 35.5. The fourth-order valence-corrected chi connectivity index (χ4v) is 3.41. The molecule has 0 radical (unpaired) electrons. The molecule has 2 nitrogen and oxygen atoms in total. The first-order chi connectivity index (χ1) is 9.62. The van der Waals surface area contributed by atoms with Crippen molar-refractivity contribution in [1.82, 2.24) is 5.32 Å². The summed E-state index contributed by atoms with van der Waals surface area (Å²) in [5, 5.41) is 4.58. The first-order valence-electron chi connectivity index (χ1n) is 7.80. The first-order valence-corrected chi connectivity index (χ1v) is 8.17. The standard InChI is InChI=1S/C17H24ClNO/c1-3-7-19-15(17(2)5-6-17)11-13-10-14(18)9-12-4-8-20-16(12)13/h9-10,15,19H,3-8,11H2,1-2H3. The Morgan fingerprint density at radius 2 is 2.20 bits per heavy atom. The smallest absolute Gasteiger partial charge is 0.125 e. The Morgan fingerprint density at radius 1 is 1.40 bits per heavy atom. The molecule has 1 atom stereocenters. The lowest BCUT2D eigenvalue weighted by molar-refractivity contribution is 0.334. The number of benzene rings is 1. The fourth-order valence-electron chi connectivity index (χ4n) is 3.15. The average Bonchev–Trinajstić information content (AvgIpc) is 2.99. The predicted octanol–water partition coefficient (Wildman–Crippen LogP) is 3.99. The normalized spacial score (nSPS) is 20.4. The van der Waals surface area contributed by atoms with Gasteiger partial charge in [0, 0.05) is 17.5 Å².